The van der Waals surface area contributed by atoms with Gasteiger partial charge in [0.05, 0.1) is 25.3 Å². The highest BCUT2D eigenvalue weighted by Gasteiger charge is 2.16. The third-order valence-corrected chi connectivity index (χ3v) is 4.09. The predicted molar refractivity (Wildman–Crippen MR) is 79.6 cm³/mol. The molecule has 2 aromatic rings. The number of thiophene rings is 1. The van der Waals surface area contributed by atoms with E-state index in [9.17, 15) is 0 Å². The minimum Gasteiger partial charge on any atom is -0.493 e. The summed E-state index contributed by atoms with van der Waals surface area (Å²) in [5, 5.41) is 2.56. The fraction of sp³-hybridized carbons (Fsp3) is 0.286. The molecule has 102 valence electrons. The summed E-state index contributed by atoms with van der Waals surface area (Å²) in [7, 11) is 3.14. The van der Waals surface area contributed by atoms with Crippen LogP contribution >= 0.6 is 22.9 Å². The van der Waals surface area contributed by atoms with Gasteiger partial charge in [0.15, 0.2) is 11.5 Å². The molecule has 2 rings (SSSR count). The van der Waals surface area contributed by atoms with Crippen molar-refractivity contribution in [2.75, 3.05) is 14.2 Å². The Morgan fingerprint density at radius 2 is 1.89 bits per heavy atom. The third kappa shape index (κ3) is 2.86. The van der Waals surface area contributed by atoms with Crippen LogP contribution in [0.3, 0.4) is 0 Å². The van der Waals surface area contributed by atoms with Gasteiger partial charge < -0.3 is 15.2 Å². The molecule has 0 bridgehead atoms. The molecule has 1 aromatic heterocycles. The van der Waals surface area contributed by atoms with E-state index in [2.05, 4.69) is 18.4 Å². The first kappa shape index (κ1) is 14.2. The predicted octanol–water partition coefficient (Wildman–Crippen LogP) is 3.78. The van der Waals surface area contributed by atoms with Gasteiger partial charge in [-0.05, 0) is 41.6 Å². The second-order valence-corrected chi connectivity index (χ2v) is 5.73. The molecule has 19 heavy (non-hydrogen) atoms. The topological polar surface area (TPSA) is 44.5 Å². The maximum atomic E-state index is 6.27. The number of nitrogens with two attached hydrogens (primary N) is 1. The summed E-state index contributed by atoms with van der Waals surface area (Å²) >= 11 is 7.87. The average Bonchev–Trinajstić information content (AvgIpc) is 2.83. The number of halogens is 1. The molecule has 0 saturated heterocycles. The lowest BCUT2D eigenvalue weighted by Gasteiger charge is -2.15. The van der Waals surface area contributed by atoms with Gasteiger partial charge in [-0.25, -0.2) is 0 Å². The molecular weight excluding hydrogens is 282 g/mol. The highest BCUT2D eigenvalue weighted by atomic mass is 35.5. The van der Waals surface area contributed by atoms with Crippen LogP contribution < -0.4 is 15.2 Å². The van der Waals surface area contributed by atoms with Crippen LogP contribution in [-0.4, -0.2) is 14.2 Å². The van der Waals surface area contributed by atoms with Crippen molar-refractivity contribution in [3.05, 3.63) is 44.6 Å². The number of methoxy groups -OCH3 is 2. The summed E-state index contributed by atoms with van der Waals surface area (Å²) in [5.74, 6) is 1.12. The standard InChI is InChI=1S/C14H16ClNO2S/c1-8-4-10(7-19-8)13(16)9-5-11(15)14(18-3)12(6-9)17-2/h4-7,13H,16H2,1-3H3. The zero-order chi connectivity index (χ0) is 14.0. The Hall–Kier alpha value is -1.23. The Morgan fingerprint density at radius 3 is 2.42 bits per heavy atom. The highest BCUT2D eigenvalue weighted by Crippen LogP contribution is 2.38. The number of hydrogen-bond donors (Lipinski definition) is 1. The second-order valence-electron chi connectivity index (χ2n) is 4.21. The highest BCUT2D eigenvalue weighted by molar-refractivity contribution is 7.10. The molecule has 0 spiro atoms. The lowest BCUT2D eigenvalue weighted by Crippen LogP contribution is -2.11. The molecule has 0 saturated carbocycles. The Labute approximate surface area is 121 Å². The van der Waals surface area contributed by atoms with E-state index in [1.54, 1.807) is 25.6 Å². The van der Waals surface area contributed by atoms with Gasteiger partial charge in [0.1, 0.15) is 0 Å². The van der Waals surface area contributed by atoms with E-state index in [4.69, 9.17) is 26.8 Å². The Morgan fingerprint density at radius 1 is 1.16 bits per heavy atom. The maximum Gasteiger partial charge on any atom is 0.179 e. The van der Waals surface area contributed by atoms with Crippen LogP contribution in [0.1, 0.15) is 22.0 Å². The lowest BCUT2D eigenvalue weighted by molar-refractivity contribution is 0.354. The smallest absolute Gasteiger partial charge is 0.179 e. The Balaban J connectivity index is 2.42. The second kappa shape index (κ2) is 5.82. The first-order valence-electron chi connectivity index (χ1n) is 5.78. The van der Waals surface area contributed by atoms with E-state index in [-0.39, 0.29) is 6.04 Å². The van der Waals surface area contributed by atoms with E-state index >= 15 is 0 Å². The molecule has 1 atom stereocenters. The number of aryl methyl sites for hydroxylation is 1. The molecule has 2 N–H and O–H groups in total. The molecule has 0 radical (unpaired) electrons. The van der Waals surface area contributed by atoms with E-state index in [1.807, 2.05) is 12.1 Å². The van der Waals surface area contributed by atoms with Gasteiger partial charge in [0, 0.05) is 4.88 Å². The van der Waals surface area contributed by atoms with Gasteiger partial charge >= 0.3 is 0 Å². The maximum absolute atomic E-state index is 6.27. The third-order valence-electron chi connectivity index (χ3n) is 2.92. The SMILES string of the molecule is COc1cc(C(N)c2csc(C)c2)cc(Cl)c1OC. The van der Waals surface area contributed by atoms with Gasteiger partial charge in [-0.15, -0.1) is 11.3 Å². The fourth-order valence-corrected chi connectivity index (χ4v) is 2.97. The molecular formula is C14H16ClNO2S. The molecule has 0 aliphatic carbocycles. The number of rotatable bonds is 4. The minimum atomic E-state index is -0.220. The Kier molecular flexibility index (Phi) is 4.34. The summed E-state index contributed by atoms with van der Waals surface area (Å²) in [5.41, 5.74) is 8.24. The normalized spacial score (nSPS) is 12.3. The zero-order valence-electron chi connectivity index (χ0n) is 11.1. The summed E-state index contributed by atoms with van der Waals surface area (Å²) in [6.45, 7) is 2.06. The van der Waals surface area contributed by atoms with Crippen LogP contribution in [0.4, 0.5) is 0 Å². The quantitative estimate of drug-likeness (QED) is 0.934. The molecule has 0 amide bonds. The molecule has 1 unspecified atom stereocenters. The molecule has 0 fully saturated rings. The van der Waals surface area contributed by atoms with Crippen molar-refractivity contribution in [1.82, 2.24) is 0 Å². The van der Waals surface area contributed by atoms with Gasteiger partial charge in [-0.1, -0.05) is 11.6 Å². The number of ether oxygens (including phenoxy) is 2. The zero-order valence-corrected chi connectivity index (χ0v) is 12.6. The summed E-state index contributed by atoms with van der Waals surface area (Å²) in [6.07, 6.45) is 0. The van der Waals surface area contributed by atoms with Crippen molar-refractivity contribution in [3.8, 4) is 11.5 Å². The van der Waals surface area contributed by atoms with Gasteiger partial charge in [-0.3, -0.25) is 0 Å². The van der Waals surface area contributed by atoms with E-state index in [0.29, 0.717) is 16.5 Å². The monoisotopic (exact) mass is 297 g/mol. The summed E-state index contributed by atoms with van der Waals surface area (Å²) in [4.78, 5) is 1.23. The van der Waals surface area contributed by atoms with Crippen LogP contribution in [0, 0.1) is 6.92 Å². The molecule has 1 heterocycles. The van der Waals surface area contributed by atoms with E-state index in [1.165, 1.54) is 4.88 Å². The van der Waals surface area contributed by atoms with Crippen LogP contribution in [0.2, 0.25) is 5.02 Å². The largest absolute Gasteiger partial charge is 0.493 e. The Bertz CT molecular complexity index is 583. The lowest BCUT2D eigenvalue weighted by atomic mass is 10.0. The molecule has 1 aromatic carbocycles. The molecule has 3 nitrogen and oxygen atoms in total. The first-order valence-corrected chi connectivity index (χ1v) is 7.04. The van der Waals surface area contributed by atoms with Crippen molar-refractivity contribution >= 4 is 22.9 Å². The van der Waals surface area contributed by atoms with Crippen LogP contribution in [0.25, 0.3) is 0 Å². The van der Waals surface area contributed by atoms with Crippen molar-refractivity contribution in [2.45, 2.75) is 13.0 Å². The molecule has 5 heteroatoms. The molecule has 0 aliphatic rings. The molecule has 0 aliphatic heterocycles. The minimum absolute atomic E-state index is 0.220. The van der Waals surface area contributed by atoms with Crippen LogP contribution in [0.5, 0.6) is 11.5 Å². The van der Waals surface area contributed by atoms with Crippen LogP contribution in [0.15, 0.2) is 23.6 Å². The van der Waals surface area contributed by atoms with Crippen molar-refractivity contribution in [2.24, 2.45) is 5.73 Å². The van der Waals surface area contributed by atoms with Crippen molar-refractivity contribution in [1.29, 1.82) is 0 Å². The van der Waals surface area contributed by atoms with Gasteiger partial charge in [0.25, 0.3) is 0 Å². The average molecular weight is 298 g/mol. The number of benzene rings is 1. The summed E-state index contributed by atoms with van der Waals surface area (Å²) in [6, 6.07) is 5.55. The summed E-state index contributed by atoms with van der Waals surface area (Å²) < 4.78 is 10.5. The number of hydrogen-bond acceptors (Lipinski definition) is 4. The van der Waals surface area contributed by atoms with Gasteiger partial charge in [-0.2, -0.15) is 0 Å². The van der Waals surface area contributed by atoms with Crippen LogP contribution in [-0.2, 0) is 0 Å². The fourth-order valence-electron chi connectivity index (χ4n) is 1.94. The van der Waals surface area contributed by atoms with Crippen molar-refractivity contribution < 1.29 is 9.47 Å². The van der Waals surface area contributed by atoms with Gasteiger partial charge in [0.2, 0.25) is 0 Å². The first-order chi connectivity index (χ1) is 9.06. The van der Waals surface area contributed by atoms with E-state index in [0.717, 1.165) is 11.1 Å². The van der Waals surface area contributed by atoms with E-state index < -0.39 is 0 Å². The van der Waals surface area contributed by atoms with Crippen molar-refractivity contribution in [3.63, 3.8) is 0 Å².